The number of anilines is 1. The highest BCUT2D eigenvalue weighted by atomic mass is 35.5. The number of aromatic nitrogens is 2. The second kappa shape index (κ2) is 8.39. The van der Waals surface area contributed by atoms with E-state index in [0.717, 1.165) is 24.1 Å². The Morgan fingerprint density at radius 3 is 2.70 bits per heavy atom. The Morgan fingerprint density at radius 1 is 1.33 bits per heavy atom. The molecule has 0 aliphatic carbocycles. The van der Waals surface area contributed by atoms with Crippen molar-refractivity contribution in [2.75, 3.05) is 32.1 Å². The van der Waals surface area contributed by atoms with E-state index in [-0.39, 0.29) is 9.92 Å². The largest absolute Gasteiger partial charge is 0.382 e. The van der Waals surface area contributed by atoms with Gasteiger partial charge in [0.05, 0.1) is 29.1 Å². The lowest BCUT2D eigenvalue weighted by atomic mass is 10.0. The van der Waals surface area contributed by atoms with Gasteiger partial charge in [0.2, 0.25) is 10.0 Å². The van der Waals surface area contributed by atoms with Gasteiger partial charge in [-0.2, -0.15) is 9.78 Å². The number of sulfonamides is 1. The van der Waals surface area contributed by atoms with Crippen LogP contribution in [0.2, 0.25) is 5.02 Å². The van der Waals surface area contributed by atoms with Gasteiger partial charge >= 0.3 is 0 Å². The minimum absolute atomic E-state index is 0.0358. The third kappa shape index (κ3) is 4.49. The molecule has 0 unspecified atom stereocenters. The van der Waals surface area contributed by atoms with Crippen LogP contribution in [-0.4, -0.2) is 45.0 Å². The van der Waals surface area contributed by atoms with Crippen molar-refractivity contribution in [1.82, 2.24) is 14.5 Å². The molecule has 1 aromatic heterocycles. The number of benzene rings is 1. The van der Waals surface area contributed by atoms with Crippen LogP contribution < -0.4 is 15.6 Å². The zero-order valence-electron chi connectivity index (χ0n) is 14.8. The van der Waals surface area contributed by atoms with Gasteiger partial charge in [-0.15, -0.1) is 0 Å². The standard InChI is InChI=1S/C17H21ClN4O4S/c1-19-27(24,25)14-6-4-13(5-7-14)22-17(23)16(18)15(10-21-22)20-9-12-3-2-8-26-11-12/h4-7,10,12,19-20H,2-3,8-9,11H2,1H3/t12-/m0/s1. The zero-order valence-corrected chi connectivity index (χ0v) is 16.4. The smallest absolute Gasteiger partial charge is 0.292 e. The predicted octanol–water partition coefficient (Wildman–Crippen LogP) is 1.63. The van der Waals surface area contributed by atoms with E-state index in [0.29, 0.717) is 30.4 Å². The summed E-state index contributed by atoms with van der Waals surface area (Å²) in [6.45, 7) is 2.14. The molecule has 1 atom stereocenters. The summed E-state index contributed by atoms with van der Waals surface area (Å²) in [7, 11) is -2.21. The first-order valence-corrected chi connectivity index (χ1v) is 10.4. The second-order valence-electron chi connectivity index (χ2n) is 6.25. The summed E-state index contributed by atoms with van der Waals surface area (Å²) in [6, 6.07) is 5.81. The van der Waals surface area contributed by atoms with Crippen LogP contribution >= 0.6 is 11.6 Å². The summed E-state index contributed by atoms with van der Waals surface area (Å²) in [5, 5.41) is 7.35. The number of halogens is 1. The van der Waals surface area contributed by atoms with Crippen LogP contribution in [0.5, 0.6) is 0 Å². The Labute approximate surface area is 162 Å². The molecule has 0 amide bonds. The molecule has 146 valence electrons. The lowest BCUT2D eigenvalue weighted by Gasteiger charge is -2.22. The van der Waals surface area contributed by atoms with Crippen LogP contribution in [0.25, 0.3) is 5.69 Å². The van der Waals surface area contributed by atoms with Crippen molar-refractivity contribution in [3.63, 3.8) is 0 Å². The molecule has 2 N–H and O–H groups in total. The van der Waals surface area contributed by atoms with Crippen LogP contribution in [0.4, 0.5) is 5.69 Å². The molecule has 1 fully saturated rings. The van der Waals surface area contributed by atoms with Crippen molar-refractivity contribution in [2.45, 2.75) is 17.7 Å². The van der Waals surface area contributed by atoms with Crippen molar-refractivity contribution < 1.29 is 13.2 Å². The van der Waals surface area contributed by atoms with Gasteiger partial charge in [-0.25, -0.2) is 13.1 Å². The van der Waals surface area contributed by atoms with Gasteiger partial charge in [-0.3, -0.25) is 4.79 Å². The van der Waals surface area contributed by atoms with E-state index in [1.54, 1.807) is 0 Å². The molecule has 0 saturated carbocycles. The maximum absolute atomic E-state index is 12.6. The summed E-state index contributed by atoms with van der Waals surface area (Å²) in [5.74, 6) is 0.374. The lowest BCUT2D eigenvalue weighted by molar-refractivity contribution is 0.0595. The lowest BCUT2D eigenvalue weighted by Crippen LogP contribution is -2.27. The Balaban J connectivity index is 1.79. The molecule has 1 aliphatic rings. The molecule has 2 heterocycles. The summed E-state index contributed by atoms with van der Waals surface area (Å²) in [6.07, 6.45) is 3.59. The van der Waals surface area contributed by atoms with E-state index in [9.17, 15) is 13.2 Å². The molecular formula is C17H21ClN4O4S. The van der Waals surface area contributed by atoms with Crippen molar-refractivity contribution in [3.05, 3.63) is 45.8 Å². The highest BCUT2D eigenvalue weighted by Crippen LogP contribution is 2.20. The van der Waals surface area contributed by atoms with E-state index in [2.05, 4.69) is 15.1 Å². The van der Waals surface area contributed by atoms with E-state index in [4.69, 9.17) is 16.3 Å². The monoisotopic (exact) mass is 412 g/mol. The predicted molar refractivity (Wildman–Crippen MR) is 103 cm³/mol. The van der Waals surface area contributed by atoms with Crippen LogP contribution in [0.15, 0.2) is 40.2 Å². The summed E-state index contributed by atoms with van der Waals surface area (Å²) < 4.78 is 32.4. The minimum atomic E-state index is -3.54. The minimum Gasteiger partial charge on any atom is -0.382 e. The first kappa shape index (κ1) is 19.8. The number of hydrogen-bond donors (Lipinski definition) is 2. The van der Waals surface area contributed by atoms with E-state index < -0.39 is 15.6 Å². The SMILES string of the molecule is CNS(=O)(=O)c1ccc(-n2ncc(NC[C@@H]3CCCOC3)c(Cl)c2=O)cc1. The Bertz CT molecular complexity index is 954. The summed E-state index contributed by atoms with van der Waals surface area (Å²) in [4.78, 5) is 12.7. The molecule has 8 nitrogen and oxygen atoms in total. The van der Waals surface area contributed by atoms with Crippen LogP contribution in [0.3, 0.4) is 0 Å². The number of nitrogens with zero attached hydrogens (tertiary/aromatic N) is 2. The average Bonchev–Trinajstić information content (AvgIpc) is 2.70. The Kier molecular flexibility index (Phi) is 6.15. The normalized spacial score (nSPS) is 17.6. The average molecular weight is 413 g/mol. The first-order chi connectivity index (χ1) is 12.9. The van der Waals surface area contributed by atoms with Gasteiger partial charge in [0, 0.05) is 13.2 Å². The summed E-state index contributed by atoms with van der Waals surface area (Å²) >= 11 is 6.22. The van der Waals surface area contributed by atoms with E-state index in [1.807, 2.05) is 0 Å². The highest BCUT2D eigenvalue weighted by molar-refractivity contribution is 7.89. The fourth-order valence-electron chi connectivity index (χ4n) is 2.85. The molecule has 1 saturated heterocycles. The zero-order chi connectivity index (χ0) is 19.4. The van der Waals surface area contributed by atoms with Crippen molar-refractivity contribution in [2.24, 2.45) is 5.92 Å². The van der Waals surface area contributed by atoms with Gasteiger partial charge < -0.3 is 10.1 Å². The number of ether oxygens (including phenoxy) is 1. The number of nitrogens with one attached hydrogen (secondary N) is 2. The molecular weight excluding hydrogens is 392 g/mol. The molecule has 0 spiro atoms. The van der Waals surface area contributed by atoms with Gasteiger partial charge in [0.25, 0.3) is 5.56 Å². The topological polar surface area (TPSA) is 102 Å². The molecule has 2 aromatic rings. The fourth-order valence-corrected chi connectivity index (χ4v) is 3.77. The molecule has 0 radical (unpaired) electrons. The van der Waals surface area contributed by atoms with Gasteiger partial charge in [0.1, 0.15) is 5.02 Å². The van der Waals surface area contributed by atoms with E-state index >= 15 is 0 Å². The van der Waals surface area contributed by atoms with Crippen molar-refractivity contribution in [3.8, 4) is 5.69 Å². The second-order valence-corrected chi connectivity index (χ2v) is 8.52. The maximum atomic E-state index is 12.6. The fraction of sp³-hybridized carbons (Fsp3) is 0.412. The van der Waals surface area contributed by atoms with Gasteiger partial charge in [-0.1, -0.05) is 11.6 Å². The number of hydrogen-bond acceptors (Lipinski definition) is 6. The van der Waals surface area contributed by atoms with Gasteiger partial charge in [-0.05, 0) is 50.1 Å². The maximum Gasteiger partial charge on any atom is 0.292 e. The van der Waals surface area contributed by atoms with Crippen molar-refractivity contribution in [1.29, 1.82) is 0 Å². The van der Waals surface area contributed by atoms with Crippen LogP contribution in [0.1, 0.15) is 12.8 Å². The quantitative estimate of drug-likeness (QED) is 0.747. The van der Waals surface area contributed by atoms with Crippen LogP contribution in [-0.2, 0) is 14.8 Å². The van der Waals surface area contributed by atoms with Crippen molar-refractivity contribution >= 4 is 27.3 Å². The van der Waals surface area contributed by atoms with Gasteiger partial charge in [0.15, 0.2) is 0 Å². The third-order valence-corrected chi connectivity index (χ3v) is 6.21. The molecule has 1 aliphatic heterocycles. The van der Waals surface area contributed by atoms with Crippen LogP contribution in [0, 0.1) is 5.92 Å². The van der Waals surface area contributed by atoms with E-state index in [1.165, 1.54) is 37.5 Å². The Hall–Kier alpha value is -1.94. The molecule has 0 bridgehead atoms. The molecule has 10 heteroatoms. The molecule has 1 aromatic carbocycles. The summed E-state index contributed by atoms with van der Waals surface area (Å²) in [5.41, 5.74) is 0.410. The Morgan fingerprint density at radius 2 is 2.07 bits per heavy atom. The number of rotatable bonds is 6. The first-order valence-electron chi connectivity index (χ1n) is 8.56. The third-order valence-electron chi connectivity index (χ3n) is 4.42. The highest BCUT2D eigenvalue weighted by Gasteiger charge is 2.16. The molecule has 3 rings (SSSR count). The molecule has 27 heavy (non-hydrogen) atoms.